The van der Waals surface area contributed by atoms with Crippen LogP contribution in [0.15, 0.2) is 57.6 Å². The number of benzene rings is 2. The van der Waals surface area contributed by atoms with E-state index in [4.69, 9.17) is 4.55 Å². The summed E-state index contributed by atoms with van der Waals surface area (Å²) in [5.74, 6) is -0.392. The van der Waals surface area contributed by atoms with Gasteiger partial charge in [-0.2, -0.15) is 13.5 Å². The van der Waals surface area contributed by atoms with Crippen LogP contribution >= 0.6 is 0 Å². The van der Waals surface area contributed by atoms with Gasteiger partial charge >= 0.3 is 0 Å². The maximum absolute atomic E-state index is 11.0. The van der Waals surface area contributed by atoms with Crippen molar-refractivity contribution in [3.8, 4) is 5.75 Å². The molecule has 0 spiro atoms. The first-order valence-electron chi connectivity index (χ1n) is 6.35. The second kappa shape index (κ2) is 8.36. The van der Waals surface area contributed by atoms with Gasteiger partial charge in [0.2, 0.25) is 5.91 Å². The van der Waals surface area contributed by atoms with E-state index in [1.807, 2.05) is 0 Å². The summed E-state index contributed by atoms with van der Waals surface area (Å²) in [4.78, 5) is 10.7. The predicted molar refractivity (Wildman–Crippen MR) is 88.6 cm³/mol. The fourth-order valence-electron chi connectivity index (χ4n) is 1.68. The number of anilines is 1. The second-order valence-corrected chi connectivity index (χ2v) is 5.98. The van der Waals surface area contributed by atoms with Crippen molar-refractivity contribution in [2.75, 3.05) is 5.32 Å². The first kappa shape index (κ1) is 20.3. The quantitative estimate of drug-likeness (QED) is 0.335. The maximum atomic E-state index is 11.0. The van der Waals surface area contributed by atoms with Crippen molar-refractivity contribution >= 4 is 62.6 Å². The van der Waals surface area contributed by atoms with E-state index in [1.54, 1.807) is 0 Å². The number of phenols is 1. The summed E-state index contributed by atoms with van der Waals surface area (Å²) < 4.78 is 30.7. The number of nitrogens with one attached hydrogen (secondary N) is 1. The van der Waals surface area contributed by atoms with Crippen LogP contribution in [0.1, 0.15) is 6.92 Å². The van der Waals surface area contributed by atoms with Crippen molar-refractivity contribution in [3.63, 3.8) is 0 Å². The van der Waals surface area contributed by atoms with Crippen molar-refractivity contribution < 1.29 is 22.9 Å². The van der Waals surface area contributed by atoms with Gasteiger partial charge in [0, 0.05) is 42.2 Å². The van der Waals surface area contributed by atoms with Crippen LogP contribution in [-0.2, 0) is 14.9 Å². The Labute approximate surface area is 160 Å². The number of amides is 1. The molecule has 2 aromatic rings. The van der Waals surface area contributed by atoms with Gasteiger partial charge in [0.1, 0.15) is 11.4 Å². The van der Waals surface area contributed by atoms with Gasteiger partial charge in [-0.1, -0.05) is 0 Å². The Morgan fingerprint density at radius 3 is 2.25 bits per heavy atom. The van der Waals surface area contributed by atoms with E-state index < -0.39 is 10.1 Å². The van der Waals surface area contributed by atoms with Crippen LogP contribution in [0, 0.1) is 0 Å². The molecule has 10 heteroatoms. The topological polar surface area (TPSA) is 128 Å². The van der Waals surface area contributed by atoms with Crippen molar-refractivity contribution in [2.45, 2.75) is 11.8 Å². The van der Waals surface area contributed by atoms with Gasteiger partial charge in [0.15, 0.2) is 0 Å². The van der Waals surface area contributed by atoms with E-state index >= 15 is 0 Å². The third-order valence-corrected chi connectivity index (χ3v) is 3.57. The average molecular weight is 358 g/mol. The Kier molecular flexibility index (Phi) is 7.06. The van der Waals surface area contributed by atoms with E-state index in [-0.39, 0.29) is 51.8 Å². The average Bonchev–Trinajstić information content (AvgIpc) is 2.47. The molecular formula is C14H13N3NaO5S. The second-order valence-electron chi connectivity index (χ2n) is 4.55. The molecule has 2 rings (SSSR count). The van der Waals surface area contributed by atoms with Crippen LogP contribution < -0.4 is 5.32 Å². The number of phenolic OH excluding ortho intramolecular Hbond substituents is 1. The number of carbonyl (C=O) groups excluding carboxylic acids is 1. The smallest absolute Gasteiger partial charge is 0.294 e. The summed E-state index contributed by atoms with van der Waals surface area (Å²) in [5, 5.41) is 20.0. The van der Waals surface area contributed by atoms with Gasteiger partial charge in [0.05, 0.1) is 10.6 Å². The molecule has 0 aromatic heterocycles. The number of hydrogen-bond acceptors (Lipinski definition) is 6. The van der Waals surface area contributed by atoms with Crippen LogP contribution in [-0.4, -0.2) is 53.5 Å². The number of rotatable bonds is 4. The zero-order valence-electron chi connectivity index (χ0n) is 13.0. The minimum Gasteiger partial charge on any atom is -0.506 e. The Balaban J connectivity index is 0.00000288. The Bertz CT molecular complexity index is 866. The van der Waals surface area contributed by atoms with Crippen LogP contribution in [0.25, 0.3) is 0 Å². The molecule has 24 heavy (non-hydrogen) atoms. The molecule has 1 radical (unpaired) electrons. The van der Waals surface area contributed by atoms with Crippen molar-refractivity contribution in [3.05, 3.63) is 42.5 Å². The molecule has 0 aliphatic rings. The number of hydrogen-bond donors (Lipinski definition) is 3. The molecule has 0 atom stereocenters. The molecule has 0 aliphatic heterocycles. The van der Waals surface area contributed by atoms with Gasteiger partial charge in [0.25, 0.3) is 10.1 Å². The van der Waals surface area contributed by atoms with Crippen molar-refractivity contribution in [1.29, 1.82) is 0 Å². The summed E-state index contributed by atoms with van der Waals surface area (Å²) in [6.45, 7) is 1.35. The Morgan fingerprint density at radius 2 is 1.71 bits per heavy atom. The summed E-state index contributed by atoms with van der Waals surface area (Å²) in [6.07, 6.45) is 0. The molecule has 0 heterocycles. The maximum Gasteiger partial charge on any atom is 0.294 e. The third-order valence-electron chi connectivity index (χ3n) is 2.70. The van der Waals surface area contributed by atoms with Crippen LogP contribution in [0.2, 0.25) is 0 Å². The zero-order chi connectivity index (χ0) is 17.0. The standard InChI is InChI=1S/C14H13N3O5S.Na/c1-9(18)15-11-4-7-14(19)13(8-11)17-16-10-2-5-12(6-3-10)23(20,21)22;/h2-8,19H,1H3,(H,15,18)(H,20,21,22);. The number of nitrogens with zero attached hydrogens (tertiary/aromatic N) is 2. The molecule has 1 amide bonds. The monoisotopic (exact) mass is 358 g/mol. The molecule has 0 fully saturated rings. The third kappa shape index (κ3) is 5.69. The molecule has 0 saturated carbocycles. The van der Waals surface area contributed by atoms with Gasteiger partial charge in [-0.3, -0.25) is 9.35 Å². The molecule has 121 valence electrons. The van der Waals surface area contributed by atoms with Crippen LogP contribution in [0.5, 0.6) is 5.75 Å². The van der Waals surface area contributed by atoms with E-state index in [9.17, 15) is 18.3 Å². The summed E-state index contributed by atoms with van der Waals surface area (Å²) in [7, 11) is -4.26. The first-order chi connectivity index (χ1) is 10.8. The predicted octanol–water partition coefficient (Wildman–Crippen LogP) is 2.63. The Morgan fingerprint density at radius 1 is 1.08 bits per heavy atom. The van der Waals surface area contributed by atoms with Gasteiger partial charge in [-0.15, -0.1) is 5.11 Å². The molecule has 0 bridgehead atoms. The number of aromatic hydroxyl groups is 1. The SMILES string of the molecule is CC(=O)Nc1ccc(O)c(N=Nc2ccc(S(=O)(=O)O)cc2)c1.[Na]. The fraction of sp³-hybridized carbons (Fsp3) is 0.0714. The summed E-state index contributed by atoms with van der Waals surface area (Å²) >= 11 is 0. The van der Waals surface area contributed by atoms with E-state index in [0.29, 0.717) is 11.4 Å². The fourth-order valence-corrected chi connectivity index (χ4v) is 2.16. The zero-order valence-corrected chi connectivity index (χ0v) is 15.8. The van der Waals surface area contributed by atoms with Gasteiger partial charge in [-0.25, -0.2) is 0 Å². The number of azo groups is 1. The molecular weight excluding hydrogens is 345 g/mol. The largest absolute Gasteiger partial charge is 0.506 e. The molecule has 0 saturated heterocycles. The molecule has 0 aliphatic carbocycles. The Hall–Kier alpha value is -1.78. The van der Waals surface area contributed by atoms with Crippen LogP contribution in [0.3, 0.4) is 0 Å². The minimum atomic E-state index is -4.26. The summed E-state index contributed by atoms with van der Waals surface area (Å²) in [5.41, 5.74) is 0.905. The van der Waals surface area contributed by atoms with E-state index in [1.165, 1.54) is 49.4 Å². The van der Waals surface area contributed by atoms with Crippen LogP contribution in [0.4, 0.5) is 17.1 Å². The van der Waals surface area contributed by atoms with Crippen molar-refractivity contribution in [2.24, 2.45) is 10.2 Å². The van der Waals surface area contributed by atoms with E-state index in [2.05, 4.69) is 15.5 Å². The van der Waals surface area contributed by atoms with Gasteiger partial charge in [-0.05, 0) is 42.5 Å². The van der Waals surface area contributed by atoms with Crippen molar-refractivity contribution in [1.82, 2.24) is 0 Å². The normalized spacial score (nSPS) is 11.1. The molecule has 3 N–H and O–H groups in total. The molecule has 0 unspecified atom stereocenters. The minimum absolute atomic E-state index is 0. The first-order valence-corrected chi connectivity index (χ1v) is 7.79. The molecule has 2 aromatic carbocycles. The van der Waals surface area contributed by atoms with Gasteiger partial charge < -0.3 is 10.4 Å². The number of carbonyl (C=O) groups is 1. The van der Waals surface area contributed by atoms with E-state index in [0.717, 1.165) is 0 Å². The molecule has 8 nitrogen and oxygen atoms in total. The summed E-state index contributed by atoms with van der Waals surface area (Å²) in [6, 6.07) is 9.36.